The molecule has 0 bridgehead atoms. The van der Waals surface area contributed by atoms with Gasteiger partial charge < -0.3 is 10.1 Å². The highest BCUT2D eigenvalue weighted by Gasteiger charge is 2.10. The van der Waals surface area contributed by atoms with Crippen LogP contribution in [0.3, 0.4) is 0 Å². The van der Waals surface area contributed by atoms with Crippen LogP contribution in [0.5, 0.6) is 0 Å². The maximum absolute atomic E-state index is 10.8. The Balaban J connectivity index is 1.69. The third kappa shape index (κ3) is 10.0. The first-order valence-electron chi connectivity index (χ1n) is 9.80. The summed E-state index contributed by atoms with van der Waals surface area (Å²) in [6.07, 6.45) is 18.1. The van der Waals surface area contributed by atoms with Gasteiger partial charge in [0.2, 0.25) is 0 Å². The van der Waals surface area contributed by atoms with Crippen molar-refractivity contribution in [2.45, 2.75) is 38.1 Å². The van der Waals surface area contributed by atoms with Crippen LogP contribution >= 0.6 is 11.6 Å². The summed E-state index contributed by atoms with van der Waals surface area (Å²) in [7, 11) is 0. The maximum atomic E-state index is 10.8. The number of unbranched alkanes of at least 4 members (excludes halogenated alkanes) is 1. The molecule has 1 aromatic heterocycles. The Hall–Kier alpha value is -2.50. The quantitative estimate of drug-likeness (QED) is 0.109. The third-order valence-electron chi connectivity index (χ3n) is 4.33. The van der Waals surface area contributed by atoms with E-state index in [-0.39, 0.29) is 0 Å². The normalized spacial score (nSPS) is 16.1. The average Bonchev–Trinajstić information content (AvgIpc) is 2.73. The predicted molar refractivity (Wildman–Crippen MR) is 119 cm³/mol. The van der Waals surface area contributed by atoms with Gasteiger partial charge in [-0.3, -0.25) is 9.79 Å². The van der Waals surface area contributed by atoms with Gasteiger partial charge in [-0.25, -0.2) is 4.98 Å². The average molecular weight is 414 g/mol. The molecule has 0 aromatic carbocycles. The second kappa shape index (κ2) is 13.6. The van der Waals surface area contributed by atoms with E-state index in [1.54, 1.807) is 18.6 Å². The van der Waals surface area contributed by atoms with Crippen molar-refractivity contribution in [2.24, 2.45) is 4.99 Å². The Morgan fingerprint density at radius 3 is 2.72 bits per heavy atom. The molecule has 1 aliphatic rings. The fourth-order valence-corrected chi connectivity index (χ4v) is 2.87. The van der Waals surface area contributed by atoms with E-state index in [0.29, 0.717) is 11.2 Å². The molecular formula is C23H28ClN3O2. The SMILES string of the molecule is C=C(/C=C/CC/C=C/C(=C/C=O)NC=NC1CCOCC1)Cc1ccc(Cl)nc1. The van der Waals surface area contributed by atoms with E-state index in [2.05, 4.69) is 27.9 Å². The topological polar surface area (TPSA) is 63.6 Å². The number of nitrogens with one attached hydrogen (secondary N) is 1. The summed E-state index contributed by atoms with van der Waals surface area (Å²) >= 11 is 5.79. The first-order chi connectivity index (χ1) is 14.2. The van der Waals surface area contributed by atoms with Crippen LogP contribution in [0.25, 0.3) is 0 Å². The molecule has 0 amide bonds. The van der Waals surface area contributed by atoms with Crippen LogP contribution in [0.4, 0.5) is 0 Å². The molecule has 0 radical (unpaired) electrons. The van der Waals surface area contributed by atoms with E-state index >= 15 is 0 Å². The van der Waals surface area contributed by atoms with E-state index < -0.39 is 0 Å². The number of aromatic nitrogens is 1. The summed E-state index contributed by atoms with van der Waals surface area (Å²) in [5, 5.41) is 3.57. The zero-order valence-corrected chi connectivity index (χ0v) is 17.4. The number of nitrogens with zero attached hydrogens (tertiary/aromatic N) is 2. The van der Waals surface area contributed by atoms with Gasteiger partial charge in [0.05, 0.1) is 12.4 Å². The molecule has 0 saturated carbocycles. The minimum Gasteiger partial charge on any atom is -0.381 e. The van der Waals surface area contributed by atoms with Crippen LogP contribution < -0.4 is 5.32 Å². The number of hydrogen-bond acceptors (Lipinski definition) is 4. The van der Waals surface area contributed by atoms with Gasteiger partial charge in [-0.1, -0.05) is 48.0 Å². The molecule has 2 rings (SSSR count). The zero-order valence-electron chi connectivity index (χ0n) is 16.6. The van der Waals surface area contributed by atoms with Crippen LogP contribution in [-0.4, -0.2) is 36.9 Å². The number of rotatable bonds is 11. The lowest BCUT2D eigenvalue weighted by atomic mass is 10.1. The van der Waals surface area contributed by atoms with Gasteiger partial charge in [0.25, 0.3) is 0 Å². The highest BCUT2D eigenvalue weighted by atomic mass is 35.5. The van der Waals surface area contributed by atoms with Gasteiger partial charge in [0.15, 0.2) is 0 Å². The third-order valence-corrected chi connectivity index (χ3v) is 4.55. The highest BCUT2D eigenvalue weighted by Crippen LogP contribution is 2.11. The smallest absolute Gasteiger partial charge is 0.144 e. The number of ether oxygens (including phenoxy) is 1. The lowest BCUT2D eigenvalue weighted by molar-refractivity contribution is -0.104. The fourth-order valence-electron chi connectivity index (χ4n) is 2.76. The first-order valence-corrected chi connectivity index (χ1v) is 10.2. The molecule has 1 aliphatic heterocycles. The van der Waals surface area contributed by atoms with Gasteiger partial charge in [-0.15, -0.1) is 0 Å². The second-order valence-corrected chi connectivity index (χ2v) is 7.12. The number of pyridine rings is 1. The molecule has 1 N–H and O–H groups in total. The first kappa shape index (κ1) is 22.8. The van der Waals surface area contributed by atoms with Crippen molar-refractivity contribution in [1.29, 1.82) is 0 Å². The van der Waals surface area contributed by atoms with Crippen LogP contribution in [0.2, 0.25) is 5.15 Å². The zero-order chi connectivity index (χ0) is 20.7. The number of hydrogen-bond donors (Lipinski definition) is 1. The number of aldehydes is 1. The molecule has 0 unspecified atom stereocenters. The number of aliphatic imine (C=N–C) groups is 1. The molecule has 29 heavy (non-hydrogen) atoms. The van der Waals surface area contributed by atoms with E-state index in [4.69, 9.17) is 16.3 Å². The standard InChI is InChI=1S/C23H28ClN3O2/c1-19(16-20-8-9-23(24)25-17-20)6-4-2-3-5-7-21(10-13-28)26-18-27-22-11-14-29-15-12-22/h4-10,13,17-18,22H,1-3,11-12,14-16H2,(H,26,27)/b6-4+,7-5+,21-10-. The summed E-state index contributed by atoms with van der Waals surface area (Å²) in [6, 6.07) is 4.03. The van der Waals surface area contributed by atoms with Crippen molar-refractivity contribution in [3.8, 4) is 0 Å². The predicted octanol–water partition coefficient (Wildman–Crippen LogP) is 4.61. The van der Waals surface area contributed by atoms with Gasteiger partial charge >= 0.3 is 0 Å². The lowest BCUT2D eigenvalue weighted by Crippen LogP contribution is -2.20. The Labute approximate surface area is 177 Å². The van der Waals surface area contributed by atoms with Gasteiger partial charge in [-0.05, 0) is 49.8 Å². The van der Waals surface area contributed by atoms with Crippen LogP contribution in [-0.2, 0) is 16.0 Å². The Kier molecular flexibility index (Phi) is 10.7. The summed E-state index contributed by atoms with van der Waals surface area (Å²) in [6.45, 7) is 5.59. The van der Waals surface area contributed by atoms with Gasteiger partial charge in [-0.2, -0.15) is 0 Å². The minimum absolute atomic E-state index is 0.291. The van der Waals surface area contributed by atoms with Crippen molar-refractivity contribution in [3.63, 3.8) is 0 Å². The van der Waals surface area contributed by atoms with Gasteiger partial charge in [0.1, 0.15) is 11.4 Å². The maximum Gasteiger partial charge on any atom is 0.144 e. The molecule has 1 aromatic rings. The molecule has 154 valence electrons. The van der Waals surface area contributed by atoms with E-state index in [0.717, 1.165) is 68.4 Å². The molecule has 2 heterocycles. The van der Waals surface area contributed by atoms with E-state index in [1.807, 2.05) is 24.3 Å². The molecule has 6 heteroatoms. The van der Waals surface area contributed by atoms with Crippen LogP contribution in [0, 0.1) is 0 Å². The summed E-state index contributed by atoms with van der Waals surface area (Å²) < 4.78 is 5.32. The Bertz CT molecular complexity index is 761. The van der Waals surface area contributed by atoms with Crippen LogP contribution in [0.15, 0.2) is 71.6 Å². The monoisotopic (exact) mass is 413 g/mol. The molecule has 1 fully saturated rings. The molecule has 5 nitrogen and oxygen atoms in total. The minimum atomic E-state index is 0.291. The number of carbonyl (C=O) groups excluding carboxylic acids is 1. The summed E-state index contributed by atoms with van der Waals surface area (Å²) in [5.74, 6) is 0. The number of halogens is 1. The fraction of sp³-hybridized carbons (Fsp3) is 0.348. The molecule has 0 aliphatic carbocycles. The van der Waals surface area contributed by atoms with Crippen molar-refractivity contribution in [2.75, 3.05) is 13.2 Å². The molecule has 1 saturated heterocycles. The molecular weight excluding hydrogens is 386 g/mol. The van der Waals surface area contributed by atoms with Crippen molar-refractivity contribution < 1.29 is 9.53 Å². The second-order valence-electron chi connectivity index (χ2n) is 6.73. The number of carbonyl (C=O) groups is 1. The Morgan fingerprint density at radius 2 is 2.03 bits per heavy atom. The Morgan fingerprint density at radius 1 is 1.28 bits per heavy atom. The molecule has 0 spiro atoms. The largest absolute Gasteiger partial charge is 0.381 e. The number of allylic oxidation sites excluding steroid dienone is 6. The van der Waals surface area contributed by atoms with E-state index in [1.165, 1.54) is 6.08 Å². The van der Waals surface area contributed by atoms with E-state index in [9.17, 15) is 4.79 Å². The molecule has 0 atom stereocenters. The van der Waals surface area contributed by atoms with Crippen molar-refractivity contribution in [1.82, 2.24) is 10.3 Å². The van der Waals surface area contributed by atoms with Gasteiger partial charge in [0, 0.05) is 31.2 Å². The lowest BCUT2D eigenvalue weighted by Gasteiger charge is -2.17. The van der Waals surface area contributed by atoms with Crippen molar-refractivity contribution >= 4 is 24.2 Å². The van der Waals surface area contributed by atoms with Crippen LogP contribution in [0.1, 0.15) is 31.2 Å². The van der Waals surface area contributed by atoms with Crippen molar-refractivity contribution in [3.05, 3.63) is 77.3 Å². The highest BCUT2D eigenvalue weighted by molar-refractivity contribution is 6.29. The summed E-state index contributed by atoms with van der Waals surface area (Å²) in [5.41, 5.74) is 2.83. The summed E-state index contributed by atoms with van der Waals surface area (Å²) in [4.78, 5) is 19.4.